The van der Waals surface area contributed by atoms with Gasteiger partial charge in [0.2, 0.25) is 5.91 Å². The molecule has 1 aliphatic heterocycles. The largest absolute Gasteiger partial charge is 0.453 e. The lowest BCUT2D eigenvalue weighted by atomic mass is 10.1. The van der Waals surface area contributed by atoms with Gasteiger partial charge < -0.3 is 10.1 Å². The Bertz CT molecular complexity index is 1110. The second-order valence-electron chi connectivity index (χ2n) is 7.89. The third-order valence-electron chi connectivity index (χ3n) is 5.76. The van der Waals surface area contributed by atoms with Crippen molar-refractivity contribution in [3.63, 3.8) is 0 Å². The average Bonchev–Trinajstić information content (AvgIpc) is 3.45. The highest BCUT2D eigenvalue weighted by Crippen LogP contribution is 2.28. The summed E-state index contributed by atoms with van der Waals surface area (Å²) in [6.45, 7) is 6.79. The first-order valence-electron chi connectivity index (χ1n) is 10.7. The van der Waals surface area contributed by atoms with Crippen molar-refractivity contribution in [2.75, 3.05) is 32.8 Å². The van der Waals surface area contributed by atoms with E-state index < -0.39 is 12.0 Å². The zero-order chi connectivity index (χ0) is 23.6. The monoisotopic (exact) mass is 482 g/mol. The van der Waals surface area contributed by atoms with E-state index in [0.29, 0.717) is 43.1 Å². The predicted octanol–water partition coefficient (Wildman–Crippen LogP) is 2.94. The molecule has 4 rings (SSSR count). The van der Waals surface area contributed by atoms with Gasteiger partial charge in [0, 0.05) is 42.3 Å². The minimum Gasteiger partial charge on any atom is -0.379 e. The second kappa shape index (κ2) is 9.74. The van der Waals surface area contributed by atoms with Crippen molar-refractivity contribution in [3.05, 3.63) is 45.2 Å². The van der Waals surface area contributed by atoms with Crippen LogP contribution >= 0.6 is 11.3 Å². The van der Waals surface area contributed by atoms with Gasteiger partial charge >= 0.3 is 6.18 Å². The van der Waals surface area contributed by atoms with Crippen LogP contribution in [0.15, 0.2) is 17.5 Å². The molecule has 1 saturated heterocycles. The number of fused-ring (bicyclic) bond motifs is 1. The molecule has 1 atom stereocenters. The minimum absolute atomic E-state index is 0.0790. The Morgan fingerprint density at radius 2 is 2.03 bits per heavy atom. The number of thiophene rings is 1. The molecule has 33 heavy (non-hydrogen) atoms. The normalized spacial score (nSPS) is 16.3. The number of amides is 1. The van der Waals surface area contributed by atoms with E-state index in [-0.39, 0.29) is 24.1 Å². The average molecular weight is 483 g/mol. The molecule has 3 aromatic heterocycles. The summed E-state index contributed by atoms with van der Waals surface area (Å²) in [6, 6.07) is 4.14. The maximum absolute atomic E-state index is 13.0. The van der Waals surface area contributed by atoms with Gasteiger partial charge in [0.1, 0.15) is 0 Å². The highest BCUT2D eigenvalue weighted by molar-refractivity contribution is 7.10. The van der Waals surface area contributed by atoms with Crippen molar-refractivity contribution in [1.82, 2.24) is 29.8 Å². The Morgan fingerprint density at radius 3 is 2.70 bits per heavy atom. The Balaban J connectivity index is 1.41. The van der Waals surface area contributed by atoms with Crippen molar-refractivity contribution in [1.29, 1.82) is 0 Å². The molecule has 1 N–H and O–H groups in total. The standard InChI is InChI=1S/C21H25F3N6O2S/c1-13-15(14(2)30-20(26-13)27-19(28-30)21(22,23)24)5-6-18(31)25-12-16(17-4-3-11-33-17)29-7-9-32-10-8-29/h3-4,11,16H,5-10,12H2,1-2H3,(H,25,31). The number of aromatic nitrogens is 4. The van der Waals surface area contributed by atoms with Crippen LogP contribution in [0.4, 0.5) is 13.2 Å². The van der Waals surface area contributed by atoms with Crippen molar-refractivity contribution >= 4 is 23.0 Å². The number of carbonyl (C=O) groups excluding carboxylic acids is 1. The zero-order valence-electron chi connectivity index (χ0n) is 18.4. The van der Waals surface area contributed by atoms with Crippen LogP contribution in [0.5, 0.6) is 0 Å². The maximum atomic E-state index is 13.0. The summed E-state index contributed by atoms with van der Waals surface area (Å²) in [5.41, 5.74) is 1.73. The molecule has 178 valence electrons. The minimum atomic E-state index is -4.65. The molecule has 8 nitrogen and oxygen atoms in total. The number of hydrogen-bond acceptors (Lipinski definition) is 7. The molecule has 0 aromatic carbocycles. The Kier molecular flexibility index (Phi) is 6.96. The van der Waals surface area contributed by atoms with Gasteiger partial charge in [-0.25, -0.2) is 9.50 Å². The van der Waals surface area contributed by atoms with Crippen molar-refractivity contribution in [2.45, 2.75) is 38.9 Å². The SMILES string of the molecule is Cc1nc2nc(C(F)(F)F)nn2c(C)c1CCC(=O)NCC(c1cccs1)N1CCOCC1. The van der Waals surface area contributed by atoms with Crippen molar-refractivity contribution in [2.24, 2.45) is 0 Å². The number of aryl methyl sites for hydroxylation is 2. The Morgan fingerprint density at radius 1 is 1.27 bits per heavy atom. The maximum Gasteiger partial charge on any atom is 0.453 e. The van der Waals surface area contributed by atoms with Gasteiger partial charge in [-0.1, -0.05) is 6.07 Å². The first-order chi connectivity index (χ1) is 15.7. The summed E-state index contributed by atoms with van der Waals surface area (Å²) in [4.78, 5) is 23.8. The zero-order valence-corrected chi connectivity index (χ0v) is 19.2. The number of halogens is 3. The van der Waals surface area contributed by atoms with E-state index in [9.17, 15) is 18.0 Å². The van der Waals surface area contributed by atoms with E-state index in [1.807, 2.05) is 11.4 Å². The summed E-state index contributed by atoms with van der Waals surface area (Å²) in [5.74, 6) is -1.46. The van der Waals surface area contributed by atoms with Crippen molar-refractivity contribution in [3.8, 4) is 0 Å². The van der Waals surface area contributed by atoms with E-state index in [0.717, 1.165) is 17.6 Å². The first-order valence-corrected chi connectivity index (χ1v) is 11.5. The van der Waals surface area contributed by atoms with Crippen LogP contribution in [0.25, 0.3) is 5.78 Å². The van der Waals surface area contributed by atoms with Gasteiger partial charge in [0.25, 0.3) is 11.6 Å². The number of ether oxygens (including phenoxy) is 1. The molecule has 1 amide bonds. The molecule has 0 bridgehead atoms. The van der Waals surface area contributed by atoms with E-state index in [1.54, 1.807) is 25.2 Å². The highest BCUT2D eigenvalue weighted by Gasteiger charge is 2.37. The fourth-order valence-corrected chi connectivity index (χ4v) is 4.87. The summed E-state index contributed by atoms with van der Waals surface area (Å²) >= 11 is 1.66. The lowest BCUT2D eigenvalue weighted by Gasteiger charge is -2.34. The molecular formula is C21H25F3N6O2S. The van der Waals surface area contributed by atoms with Gasteiger partial charge in [0.05, 0.1) is 19.3 Å². The van der Waals surface area contributed by atoms with Crippen LogP contribution in [0.2, 0.25) is 0 Å². The van der Waals surface area contributed by atoms with Crippen LogP contribution in [0, 0.1) is 13.8 Å². The van der Waals surface area contributed by atoms with Gasteiger partial charge in [-0.2, -0.15) is 18.2 Å². The van der Waals surface area contributed by atoms with Crippen LogP contribution in [-0.2, 0) is 22.1 Å². The van der Waals surface area contributed by atoms with Gasteiger partial charge in [-0.3, -0.25) is 9.69 Å². The third-order valence-corrected chi connectivity index (χ3v) is 6.73. The lowest BCUT2D eigenvalue weighted by Crippen LogP contribution is -2.43. The smallest absolute Gasteiger partial charge is 0.379 e. The highest BCUT2D eigenvalue weighted by atomic mass is 32.1. The van der Waals surface area contributed by atoms with Crippen LogP contribution in [0.1, 0.15) is 40.1 Å². The summed E-state index contributed by atoms with van der Waals surface area (Å²) < 4.78 is 45.5. The molecule has 1 fully saturated rings. The number of nitrogens with zero attached hydrogens (tertiary/aromatic N) is 5. The Labute approximate surface area is 192 Å². The first kappa shape index (κ1) is 23.6. The number of hydrogen-bond donors (Lipinski definition) is 1. The van der Waals surface area contributed by atoms with Crippen LogP contribution < -0.4 is 5.32 Å². The van der Waals surface area contributed by atoms with E-state index in [2.05, 4.69) is 31.3 Å². The number of rotatable bonds is 7. The number of alkyl halides is 3. The van der Waals surface area contributed by atoms with Crippen LogP contribution in [-0.4, -0.2) is 63.2 Å². The summed E-state index contributed by atoms with van der Waals surface area (Å²) in [6.07, 6.45) is -4.11. The third kappa shape index (κ3) is 5.33. The molecule has 0 aliphatic carbocycles. The fourth-order valence-electron chi connectivity index (χ4n) is 4.01. The summed E-state index contributed by atoms with van der Waals surface area (Å²) in [7, 11) is 0. The van der Waals surface area contributed by atoms with E-state index in [4.69, 9.17) is 4.74 Å². The molecule has 12 heteroatoms. The molecule has 4 heterocycles. The second-order valence-corrected chi connectivity index (χ2v) is 8.87. The molecular weight excluding hydrogens is 457 g/mol. The molecule has 1 aliphatic rings. The quantitative estimate of drug-likeness (QED) is 0.558. The lowest BCUT2D eigenvalue weighted by molar-refractivity contribution is -0.144. The van der Waals surface area contributed by atoms with E-state index >= 15 is 0 Å². The molecule has 0 saturated carbocycles. The Hall–Kier alpha value is -2.57. The number of carbonyl (C=O) groups is 1. The number of nitrogens with one attached hydrogen (secondary N) is 1. The van der Waals surface area contributed by atoms with Gasteiger partial charge in [0.15, 0.2) is 0 Å². The van der Waals surface area contributed by atoms with Crippen molar-refractivity contribution < 1.29 is 22.7 Å². The topological polar surface area (TPSA) is 84.6 Å². The van der Waals surface area contributed by atoms with E-state index in [1.165, 1.54) is 4.88 Å². The van der Waals surface area contributed by atoms with Gasteiger partial charge in [-0.05, 0) is 37.3 Å². The summed E-state index contributed by atoms with van der Waals surface area (Å²) in [5, 5.41) is 8.60. The number of morpholine rings is 1. The molecule has 0 radical (unpaired) electrons. The van der Waals surface area contributed by atoms with Gasteiger partial charge in [-0.15, -0.1) is 16.4 Å². The fraction of sp³-hybridized carbons (Fsp3) is 0.524. The predicted molar refractivity (Wildman–Crippen MR) is 116 cm³/mol. The van der Waals surface area contributed by atoms with Crippen LogP contribution in [0.3, 0.4) is 0 Å². The molecule has 1 unspecified atom stereocenters. The molecule has 3 aromatic rings. The molecule has 0 spiro atoms.